The molecule has 228 valence electrons. The minimum atomic E-state index is 0.396. The molecule has 2 aliphatic rings. The van der Waals surface area contributed by atoms with E-state index in [4.69, 9.17) is 23.9 Å². The van der Waals surface area contributed by atoms with Crippen molar-refractivity contribution in [1.82, 2.24) is 4.48 Å². The van der Waals surface area contributed by atoms with Crippen molar-refractivity contribution in [2.45, 2.75) is 0 Å². The van der Waals surface area contributed by atoms with Gasteiger partial charge in [-0.15, -0.1) is 0 Å². The second-order valence-electron chi connectivity index (χ2n) is 11.4. The van der Waals surface area contributed by atoms with E-state index in [1.165, 1.54) is 0 Å². The molecule has 0 fully saturated rings. The van der Waals surface area contributed by atoms with Crippen LogP contribution in [0.4, 0.5) is 5.69 Å². The van der Waals surface area contributed by atoms with Crippen molar-refractivity contribution in [2.75, 3.05) is 35.5 Å². The van der Waals surface area contributed by atoms with Crippen LogP contribution in [-0.2, 0) is 0 Å². The van der Waals surface area contributed by atoms with E-state index in [0.29, 0.717) is 27.5 Å². The SMILES string of the molecule is COc1cc2c(cc1OC)[N+]1(C)C=CN=C1C(c1cc(OC)c(OC)c(-c3cc(-c4ccccc4)cc(-c4ccccc4)c3)c1)=C2. The van der Waals surface area contributed by atoms with E-state index in [1.54, 1.807) is 28.4 Å². The van der Waals surface area contributed by atoms with Gasteiger partial charge < -0.3 is 18.9 Å². The Morgan fingerprint density at radius 2 is 1.13 bits per heavy atom. The molecule has 0 saturated carbocycles. The summed E-state index contributed by atoms with van der Waals surface area (Å²) in [7, 11) is 8.82. The first-order valence-corrected chi connectivity index (χ1v) is 15.1. The van der Waals surface area contributed by atoms with Crippen molar-refractivity contribution in [3.8, 4) is 56.4 Å². The maximum atomic E-state index is 6.05. The molecule has 0 N–H and O–H groups in total. The predicted molar refractivity (Wildman–Crippen MR) is 188 cm³/mol. The summed E-state index contributed by atoms with van der Waals surface area (Å²) in [6, 6.07) is 35.9. The summed E-state index contributed by atoms with van der Waals surface area (Å²) < 4.78 is 23.8. The number of hydrogen-bond donors (Lipinski definition) is 0. The molecule has 46 heavy (non-hydrogen) atoms. The van der Waals surface area contributed by atoms with Gasteiger partial charge in [-0.2, -0.15) is 4.99 Å². The highest BCUT2D eigenvalue weighted by Gasteiger charge is 2.42. The van der Waals surface area contributed by atoms with Crippen LogP contribution in [0.1, 0.15) is 11.1 Å². The van der Waals surface area contributed by atoms with E-state index >= 15 is 0 Å². The average Bonchev–Trinajstić information content (AvgIpc) is 3.53. The van der Waals surface area contributed by atoms with Crippen LogP contribution in [0.25, 0.3) is 45.0 Å². The van der Waals surface area contributed by atoms with Crippen molar-refractivity contribution < 1.29 is 18.9 Å². The lowest BCUT2D eigenvalue weighted by Crippen LogP contribution is -2.46. The van der Waals surface area contributed by atoms with Gasteiger partial charge in [0, 0.05) is 17.2 Å². The Balaban J connectivity index is 1.47. The molecular formula is C40H35N2O4+. The second kappa shape index (κ2) is 11.7. The van der Waals surface area contributed by atoms with Crippen molar-refractivity contribution in [1.29, 1.82) is 0 Å². The topological polar surface area (TPSA) is 49.3 Å². The fraction of sp³-hybridized carbons (Fsp3) is 0.125. The van der Waals surface area contributed by atoms with Gasteiger partial charge in [0.1, 0.15) is 6.20 Å². The van der Waals surface area contributed by atoms with Crippen LogP contribution in [0.2, 0.25) is 0 Å². The van der Waals surface area contributed by atoms with Crippen molar-refractivity contribution in [2.24, 2.45) is 4.99 Å². The highest BCUT2D eigenvalue weighted by atomic mass is 16.5. The summed E-state index contributed by atoms with van der Waals surface area (Å²) >= 11 is 0. The van der Waals surface area contributed by atoms with Gasteiger partial charge in [0.25, 0.3) is 0 Å². The van der Waals surface area contributed by atoms with Gasteiger partial charge in [-0.1, -0.05) is 60.7 Å². The number of methoxy groups -OCH3 is 4. The summed E-state index contributed by atoms with van der Waals surface area (Å²) in [5, 5.41) is 0. The lowest BCUT2D eigenvalue weighted by molar-refractivity contribution is 0.354. The molecule has 1 atom stereocenters. The number of aliphatic imine (C=N–C) groups is 1. The van der Waals surface area contributed by atoms with Gasteiger partial charge >= 0.3 is 0 Å². The monoisotopic (exact) mass is 607 g/mol. The standard InChI is InChI=1S/C40H35N2O4/c1-42-17-16-41-40(42)34(22-32-24-36(43-2)37(44-3)25-35(32)42)31-21-33(39(46-5)38(23-31)45-4)30-19-28(26-12-8-6-9-13-26)18-29(20-30)27-14-10-7-11-15-27/h6-25H,1-5H3/q+1. The van der Waals surface area contributed by atoms with Crippen LogP contribution in [0.5, 0.6) is 23.0 Å². The van der Waals surface area contributed by atoms with Gasteiger partial charge in [-0.05, 0) is 75.9 Å². The Morgan fingerprint density at radius 3 is 1.72 bits per heavy atom. The molecule has 0 bridgehead atoms. The third kappa shape index (κ3) is 4.84. The summed E-state index contributed by atoms with van der Waals surface area (Å²) in [5.74, 6) is 3.56. The Kier molecular flexibility index (Phi) is 7.43. The number of nitrogens with zero attached hydrogens (tertiary/aromatic N) is 2. The van der Waals surface area contributed by atoms with E-state index in [1.807, 2.05) is 36.5 Å². The largest absolute Gasteiger partial charge is 0.493 e. The molecule has 0 saturated heterocycles. The molecule has 5 aromatic carbocycles. The molecule has 2 aliphatic heterocycles. The van der Waals surface area contributed by atoms with Crippen molar-refractivity contribution >= 4 is 23.2 Å². The summed E-state index contributed by atoms with van der Waals surface area (Å²) in [6.45, 7) is 0. The smallest absolute Gasteiger partial charge is 0.245 e. The van der Waals surface area contributed by atoms with Gasteiger partial charge in [-0.3, -0.25) is 0 Å². The summed E-state index contributed by atoms with van der Waals surface area (Å²) in [6.07, 6.45) is 6.13. The van der Waals surface area contributed by atoms with E-state index in [9.17, 15) is 0 Å². The normalized spacial score (nSPS) is 16.2. The number of amidine groups is 1. The van der Waals surface area contributed by atoms with E-state index in [-0.39, 0.29) is 0 Å². The number of likely N-dealkylation sites (N-methyl/N-ethyl adjacent to an activating group) is 1. The molecular weight excluding hydrogens is 572 g/mol. The van der Waals surface area contributed by atoms with Crippen LogP contribution < -0.4 is 23.4 Å². The Hall–Kier alpha value is -5.59. The molecule has 5 aromatic rings. The first-order valence-electron chi connectivity index (χ1n) is 15.1. The maximum Gasteiger partial charge on any atom is 0.245 e. The van der Waals surface area contributed by atoms with Gasteiger partial charge in [-0.25, -0.2) is 4.48 Å². The van der Waals surface area contributed by atoms with Crippen LogP contribution in [0.15, 0.2) is 121 Å². The maximum absolute atomic E-state index is 6.05. The molecule has 0 amide bonds. The molecule has 7 rings (SSSR count). The molecule has 2 heterocycles. The minimum Gasteiger partial charge on any atom is -0.493 e. The number of rotatable bonds is 8. The zero-order valence-electron chi connectivity index (χ0n) is 26.6. The van der Waals surface area contributed by atoms with Crippen molar-refractivity contribution in [3.63, 3.8) is 0 Å². The summed E-state index contributed by atoms with van der Waals surface area (Å²) in [4.78, 5) is 4.89. The first-order chi connectivity index (χ1) is 22.5. The van der Waals surface area contributed by atoms with E-state index in [2.05, 4.69) is 92.1 Å². The quantitative estimate of drug-likeness (QED) is 0.165. The highest BCUT2D eigenvalue weighted by Crippen LogP contribution is 2.48. The van der Waals surface area contributed by atoms with Crippen LogP contribution >= 0.6 is 0 Å². The molecule has 0 spiro atoms. The Bertz CT molecular complexity index is 1990. The molecule has 0 radical (unpaired) electrons. The van der Waals surface area contributed by atoms with E-state index in [0.717, 1.165) is 61.6 Å². The third-order valence-corrected chi connectivity index (χ3v) is 8.82. The molecule has 6 heteroatoms. The molecule has 1 unspecified atom stereocenters. The van der Waals surface area contributed by atoms with Gasteiger partial charge in [0.05, 0.1) is 47.3 Å². The lowest BCUT2D eigenvalue weighted by Gasteiger charge is -2.33. The van der Waals surface area contributed by atoms with Gasteiger partial charge in [0.15, 0.2) is 28.7 Å². The third-order valence-electron chi connectivity index (χ3n) is 8.82. The first kappa shape index (κ1) is 29.1. The second-order valence-corrected chi connectivity index (χ2v) is 11.4. The lowest BCUT2D eigenvalue weighted by atomic mass is 9.89. The van der Waals surface area contributed by atoms with Crippen LogP contribution in [0, 0.1) is 0 Å². The highest BCUT2D eigenvalue weighted by molar-refractivity contribution is 6.34. The Morgan fingerprint density at radius 1 is 0.543 bits per heavy atom. The van der Waals surface area contributed by atoms with Gasteiger partial charge in [0.2, 0.25) is 5.84 Å². The zero-order chi connectivity index (χ0) is 31.8. The van der Waals surface area contributed by atoms with Crippen molar-refractivity contribution in [3.05, 3.63) is 127 Å². The number of fused-ring (bicyclic) bond motifs is 3. The average molecular weight is 608 g/mol. The number of benzene rings is 5. The fourth-order valence-electron chi connectivity index (χ4n) is 6.49. The zero-order valence-corrected chi connectivity index (χ0v) is 26.6. The van der Waals surface area contributed by atoms with Crippen LogP contribution in [-0.4, -0.2) is 41.3 Å². The van der Waals surface area contributed by atoms with E-state index < -0.39 is 0 Å². The molecule has 0 aromatic heterocycles. The number of quaternary nitrogens is 1. The molecule has 0 aliphatic carbocycles. The number of hydrogen-bond acceptors (Lipinski definition) is 5. The fourth-order valence-corrected chi connectivity index (χ4v) is 6.49. The Labute approximate surface area is 269 Å². The predicted octanol–water partition coefficient (Wildman–Crippen LogP) is 9.10. The molecule has 6 nitrogen and oxygen atoms in total. The van der Waals surface area contributed by atoms with Crippen LogP contribution in [0.3, 0.4) is 0 Å². The summed E-state index contributed by atoms with van der Waals surface area (Å²) in [5.41, 5.74) is 10.5. The number of ether oxygens (including phenoxy) is 4. The minimum absolute atomic E-state index is 0.396.